The number of hydrogen-bond acceptors (Lipinski definition) is 4. The summed E-state index contributed by atoms with van der Waals surface area (Å²) in [6.07, 6.45) is 5.90. The van der Waals surface area contributed by atoms with Crippen LogP contribution in [0, 0.1) is 12.7 Å². The first-order valence-electron chi connectivity index (χ1n) is 12.9. The third-order valence-electron chi connectivity index (χ3n) is 7.05. The van der Waals surface area contributed by atoms with E-state index < -0.39 is 0 Å². The van der Waals surface area contributed by atoms with Gasteiger partial charge in [0.15, 0.2) is 11.6 Å². The van der Waals surface area contributed by atoms with Crippen LogP contribution < -0.4 is 4.74 Å². The van der Waals surface area contributed by atoms with Gasteiger partial charge in [0, 0.05) is 44.2 Å². The minimum atomic E-state index is -0.358. The number of rotatable bonds is 7. The van der Waals surface area contributed by atoms with Gasteiger partial charge in [-0.05, 0) is 55.2 Å². The van der Waals surface area contributed by atoms with Crippen molar-refractivity contribution in [1.82, 2.24) is 14.8 Å². The van der Waals surface area contributed by atoms with Crippen molar-refractivity contribution in [2.24, 2.45) is 4.99 Å². The number of aromatic amines is 1. The molecule has 0 radical (unpaired) electrons. The van der Waals surface area contributed by atoms with Crippen molar-refractivity contribution >= 4 is 22.6 Å². The Kier molecular flexibility index (Phi) is 7.22. The molecule has 0 atom stereocenters. The van der Waals surface area contributed by atoms with E-state index in [9.17, 15) is 4.79 Å². The molecule has 8 heteroatoms. The van der Waals surface area contributed by atoms with Gasteiger partial charge in [0.1, 0.15) is 17.3 Å². The van der Waals surface area contributed by atoms with Gasteiger partial charge in [0.25, 0.3) is 5.91 Å². The lowest BCUT2D eigenvalue weighted by Gasteiger charge is -2.36. The number of nitrogens with one attached hydrogen (secondary N) is 1. The Balaban J connectivity index is 1.38. The lowest BCUT2D eigenvalue weighted by molar-refractivity contribution is 0.0684. The monoisotopic (exact) mass is 516 g/mol. The number of halogens is 1. The van der Waals surface area contributed by atoms with E-state index in [1.54, 1.807) is 44.2 Å². The number of piperazine rings is 1. The molecule has 198 valence electrons. The number of aromatic nitrogens is 1. The Bertz CT molecular complexity index is 1430. The molecule has 0 spiro atoms. The summed E-state index contributed by atoms with van der Waals surface area (Å²) < 4.78 is 26.8. The Morgan fingerprint density at radius 1 is 1.13 bits per heavy atom. The maximum atomic E-state index is 15.2. The number of aryl methyl sites for hydroxylation is 1. The van der Waals surface area contributed by atoms with Crippen LogP contribution in [0.3, 0.4) is 0 Å². The molecule has 5 rings (SSSR count). The number of allylic oxidation sites excluding steroid dienone is 2. The number of H-pyrrole nitrogens is 1. The van der Waals surface area contributed by atoms with E-state index in [0.29, 0.717) is 54.1 Å². The molecule has 3 aromatic rings. The van der Waals surface area contributed by atoms with Crippen molar-refractivity contribution in [2.75, 3.05) is 40.3 Å². The van der Waals surface area contributed by atoms with Gasteiger partial charge in [0.05, 0.1) is 18.7 Å². The van der Waals surface area contributed by atoms with E-state index in [4.69, 9.17) is 9.47 Å². The first kappa shape index (κ1) is 25.6. The summed E-state index contributed by atoms with van der Waals surface area (Å²) in [4.78, 5) is 25.0. The van der Waals surface area contributed by atoms with Crippen LogP contribution in [-0.4, -0.2) is 73.0 Å². The van der Waals surface area contributed by atoms with Gasteiger partial charge in [-0.3, -0.25) is 9.79 Å². The zero-order chi connectivity index (χ0) is 26.8. The standard InChI is InChI=1S/C30H33FN4O3/c1-5-8-26(38-20-11-12-20)29(32-3)34-13-15-35(16-14-34)30(36)24-18-23-22(17-19(2)27(31)28(23)33-24)21-9-6-7-10-25(21)37-4/h5-10,17-18,20,33H,1,11-16H2,2-4H3/b26-8+,32-29?. The zero-order valence-electron chi connectivity index (χ0n) is 22.1. The highest BCUT2D eigenvalue weighted by atomic mass is 19.1. The molecule has 1 aliphatic heterocycles. The highest BCUT2D eigenvalue weighted by molar-refractivity contribution is 6.04. The van der Waals surface area contributed by atoms with Crippen LogP contribution in [0.15, 0.2) is 65.9 Å². The number of methoxy groups -OCH3 is 1. The molecule has 1 saturated heterocycles. The fourth-order valence-corrected chi connectivity index (χ4v) is 4.94. The number of amides is 1. The third kappa shape index (κ3) is 4.90. The van der Waals surface area contributed by atoms with E-state index >= 15 is 4.39 Å². The Morgan fingerprint density at radius 3 is 2.50 bits per heavy atom. The molecule has 2 aliphatic rings. The van der Waals surface area contributed by atoms with Crippen molar-refractivity contribution in [3.63, 3.8) is 0 Å². The molecule has 1 saturated carbocycles. The van der Waals surface area contributed by atoms with Crippen LogP contribution >= 0.6 is 0 Å². The number of fused-ring (bicyclic) bond motifs is 1. The Morgan fingerprint density at radius 2 is 1.84 bits per heavy atom. The van der Waals surface area contributed by atoms with Crippen molar-refractivity contribution in [3.05, 3.63) is 78.0 Å². The molecule has 38 heavy (non-hydrogen) atoms. The highest BCUT2D eigenvalue weighted by Gasteiger charge is 2.30. The van der Waals surface area contributed by atoms with Gasteiger partial charge >= 0.3 is 0 Å². The number of para-hydroxylation sites is 1. The number of benzene rings is 2. The van der Waals surface area contributed by atoms with E-state index in [0.717, 1.165) is 35.6 Å². The van der Waals surface area contributed by atoms with Crippen LogP contribution in [0.1, 0.15) is 28.9 Å². The summed E-state index contributed by atoms with van der Waals surface area (Å²) in [7, 11) is 3.36. The average Bonchev–Trinajstić information content (AvgIpc) is 3.65. The quantitative estimate of drug-likeness (QED) is 0.200. The van der Waals surface area contributed by atoms with Gasteiger partial charge in [-0.1, -0.05) is 30.9 Å². The van der Waals surface area contributed by atoms with Crippen molar-refractivity contribution < 1.29 is 18.7 Å². The highest BCUT2D eigenvalue weighted by Crippen LogP contribution is 2.37. The van der Waals surface area contributed by atoms with Crippen LogP contribution in [0.4, 0.5) is 4.39 Å². The van der Waals surface area contributed by atoms with E-state index in [-0.39, 0.29) is 17.8 Å². The second-order valence-electron chi connectivity index (χ2n) is 9.64. The van der Waals surface area contributed by atoms with Gasteiger partial charge in [-0.25, -0.2) is 4.39 Å². The van der Waals surface area contributed by atoms with Crippen LogP contribution in [0.25, 0.3) is 22.0 Å². The van der Waals surface area contributed by atoms with Gasteiger partial charge in [-0.2, -0.15) is 0 Å². The predicted molar refractivity (Wildman–Crippen MR) is 148 cm³/mol. The average molecular weight is 517 g/mol. The predicted octanol–water partition coefficient (Wildman–Crippen LogP) is 5.33. The van der Waals surface area contributed by atoms with Gasteiger partial charge < -0.3 is 24.3 Å². The zero-order valence-corrected chi connectivity index (χ0v) is 22.1. The molecule has 7 nitrogen and oxygen atoms in total. The number of amidine groups is 1. The van der Waals surface area contributed by atoms with Crippen molar-refractivity contribution in [2.45, 2.75) is 25.9 Å². The molecule has 1 amide bonds. The minimum Gasteiger partial charge on any atom is -0.496 e. The SMILES string of the molecule is C=C/C=C(/OC1CC1)C(=NC)N1CCN(C(=O)c2cc3c(-c4ccccc4OC)cc(C)c(F)c3[nH]2)CC1. The molecule has 2 fully saturated rings. The summed E-state index contributed by atoms with van der Waals surface area (Å²) in [6.45, 7) is 7.78. The first-order valence-corrected chi connectivity index (χ1v) is 12.9. The number of carbonyl (C=O) groups is 1. The van der Waals surface area contributed by atoms with Gasteiger partial charge in [-0.15, -0.1) is 0 Å². The summed E-state index contributed by atoms with van der Waals surface area (Å²) in [5.41, 5.74) is 2.85. The van der Waals surface area contributed by atoms with E-state index in [1.165, 1.54) is 0 Å². The maximum absolute atomic E-state index is 15.2. The summed E-state index contributed by atoms with van der Waals surface area (Å²) >= 11 is 0. The normalized spacial score (nSPS) is 16.6. The molecule has 1 aromatic heterocycles. The molecule has 0 unspecified atom stereocenters. The van der Waals surface area contributed by atoms with E-state index in [2.05, 4.69) is 21.5 Å². The smallest absolute Gasteiger partial charge is 0.270 e. The topological polar surface area (TPSA) is 70.2 Å². The summed E-state index contributed by atoms with van der Waals surface area (Å²) in [5.74, 6) is 1.66. The number of carbonyl (C=O) groups excluding carboxylic acids is 1. The second kappa shape index (κ2) is 10.7. The molecular weight excluding hydrogens is 483 g/mol. The third-order valence-corrected chi connectivity index (χ3v) is 7.05. The Hall–Kier alpha value is -4.07. The number of nitrogens with zero attached hydrogens (tertiary/aromatic N) is 3. The molecule has 1 N–H and O–H groups in total. The molecule has 2 heterocycles. The largest absolute Gasteiger partial charge is 0.496 e. The molecular formula is C30H33FN4O3. The molecule has 1 aliphatic carbocycles. The molecule has 0 bridgehead atoms. The second-order valence-corrected chi connectivity index (χ2v) is 9.64. The summed E-state index contributed by atoms with van der Waals surface area (Å²) in [5, 5.41) is 0.649. The van der Waals surface area contributed by atoms with E-state index in [1.807, 2.05) is 30.3 Å². The van der Waals surface area contributed by atoms with Gasteiger partial charge in [0.2, 0.25) is 0 Å². The first-order chi connectivity index (χ1) is 18.4. The van der Waals surface area contributed by atoms with Crippen LogP contribution in [0.2, 0.25) is 0 Å². The fourth-order valence-electron chi connectivity index (χ4n) is 4.94. The minimum absolute atomic E-state index is 0.157. The lowest BCUT2D eigenvalue weighted by atomic mass is 9.98. The number of aliphatic imine (C=N–C) groups is 1. The number of hydrogen-bond donors (Lipinski definition) is 1. The molecule has 2 aromatic carbocycles. The van der Waals surface area contributed by atoms with Crippen LogP contribution in [-0.2, 0) is 4.74 Å². The maximum Gasteiger partial charge on any atom is 0.270 e. The lowest BCUT2D eigenvalue weighted by Crippen LogP contribution is -2.51. The van der Waals surface area contributed by atoms with Crippen molar-refractivity contribution in [1.29, 1.82) is 0 Å². The summed E-state index contributed by atoms with van der Waals surface area (Å²) in [6, 6.07) is 11.2. The Labute approximate surface area is 222 Å². The van der Waals surface area contributed by atoms with Crippen molar-refractivity contribution in [3.8, 4) is 16.9 Å². The van der Waals surface area contributed by atoms with Crippen LogP contribution in [0.5, 0.6) is 5.75 Å². The fraction of sp³-hybridized carbons (Fsp3) is 0.333. The number of ether oxygens (including phenoxy) is 2.